The molecule has 0 spiro atoms. The zero-order valence-electron chi connectivity index (χ0n) is 17.6. The Labute approximate surface area is 186 Å². The highest BCUT2D eigenvalue weighted by atomic mass is 32.2. The average molecular weight is 453 g/mol. The van der Waals surface area contributed by atoms with Crippen LogP contribution in [0.1, 0.15) is 35.2 Å². The first kappa shape index (κ1) is 21.5. The number of fused-ring (bicyclic) bond motifs is 1. The number of rotatable bonds is 6. The molecule has 31 heavy (non-hydrogen) atoms. The van der Waals surface area contributed by atoms with E-state index in [1.165, 1.54) is 5.56 Å². The van der Waals surface area contributed by atoms with Crippen molar-refractivity contribution in [3.63, 3.8) is 0 Å². The lowest BCUT2D eigenvalue weighted by Gasteiger charge is -2.16. The summed E-state index contributed by atoms with van der Waals surface area (Å²) in [7, 11) is -3.74. The summed E-state index contributed by atoms with van der Waals surface area (Å²) in [6.07, 6.45) is 0. The van der Waals surface area contributed by atoms with Crippen molar-refractivity contribution in [2.75, 3.05) is 0 Å². The quantitative estimate of drug-likeness (QED) is 0.458. The molecule has 0 radical (unpaired) electrons. The molecule has 0 aliphatic heterocycles. The van der Waals surface area contributed by atoms with Crippen LogP contribution < -0.4 is 9.60 Å². The smallest absolute Gasteiger partial charge is 0.294 e. The minimum Gasteiger partial charge on any atom is -0.294 e. The van der Waals surface area contributed by atoms with E-state index >= 15 is 0 Å². The molecular weight excluding hydrogens is 428 g/mol. The predicted molar refractivity (Wildman–Crippen MR) is 126 cm³/mol. The normalized spacial score (nSPS) is 12.9. The molecule has 160 valence electrons. The fourth-order valence-electron chi connectivity index (χ4n) is 3.53. The number of hydrogen-bond donors (Lipinski definition) is 1. The van der Waals surface area contributed by atoms with E-state index in [2.05, 4.69) is 4.72 Å². The summed E-state index contributed by atoms with van der Waals surface area (Å²) in [5.74, 6) is 0. The second-order valence-electron chi connectivity index (χ2n) is 7.76. The number of aryl methyl sites for hydroxylation is 2. The van der Waals surface area contributed by atoms with Crippen molar-refractivity contribution in [1.82, 2.24) is 9.29 Å². The van der Waals surface area contributed by atoms with Crippen molar-refractivity contribution >= 4 is 31.6 Å². The van der Waals surface area contributed by atoms with Crippen molar-refractivity contribution in [2.45, 2.75) is 38.3 Å². The topological polar surface area (TPSA) is 68.2 Å². The van der Waals surface area contributed by atoms with Crippen molar-refractivity contribution in [1.29, 1.82) is 0 Å². The molecule has 0 amide bonds. The van der Waals surface area contributed by atoms with E-state index in [4.69, 9.17) is 0 Å². The van der Waals surface area contributed by atoms with Crippen LogP contribution in [0.3, 0.4) is 0 Å². The summed E-state index contributed by atoms with van der Waals surface area (Å²) in [6.45, 7) is 6.32. The van der Waals surface area contributed by atoms with Crippen molar-refractivity contribution in [3.8, 4) is 0 Å². The summed E-state index contributed by atoms with van der Waals surface area (Å²) in [5, 5.41) is 0. The van der Waals surface area contributed by atoms with E-state index in [1.54, 1.807) is 22.8 Å². The third-order valence-electron chi connectivity index (χ3n) is 5.50. The number of hydrogen-bond acceptors (Lipinski definition) is 4. The Balaban J connectivity index is 1.63. The SMILES string of the molecule is Cc1ccc([C@@H](C)NS(=O)(=O)c2ccc3c(c2)sc(=O)n3Cc2ccccc2)cc1C. The molecule has 0 saturated heterocycles. The second-order valence-corrected chi connectivity index (χ2v) is 10.5. The molecule has 4 aromatic rings. The molecule has 1 aromatic heterocycles. The van der Waals surface area contributed by atoms with Gasteiger partial charge in [-0.15, -0.1) is 0 Å². The van der Waals surface area contributed by atoms with Gasteiger partial charge in [0.15, 0.2) is 0 Å². The maximum atomic E-state index is 13.0. The highest BCUT2D eigenvalue weighted by molar-refractivity contribution is 7.89. The van der Waals surface area contributed by atoms with Gasteiger partial charge in [0, 0.05) is 6.04 Å². The van der Waals surface area contributed by atoms with E-state index in [1.807, 2.05) is 69.3 Å². The first-order valence-corrected chi connectivity index (χ1v) is 12.3. The summed E-state index contributed by atoms with van der Waals surface area (Å²) < 4.78 is 31.1. The van der Waals surface area contributed by atoms with Crippen LogP contribution in [-0.4, -0.2) is 13.0 Å². The first-order chi connectivity index (χ1) is 14.7. The van der Waals surface area contributed by atoms with Gasteiger partial charge in [0.1, 0.15) is 0 Å². The standard InChI is InChI=1S/C24H24N2O3S2/c1-16-9-10-20(13-17(16)2)18(3)25-31(28,29)21-11-12-22-23(14-21)30-24(27)26(22)15-19-7-5-4-6-8-19/h4-14,18,25H,15H2,1-3H3/t18-/m1/s1. The van der Waals surface area contributed by atoms with Gasteiger partial charge in [0.2, 0.25) is 10.0 Å². The monoisotopic (exact) mass is 452 g/mol. The number of benzene rings is 3. The summed E-state index contributed by atoms with van der Waals surface area (Å²) in [5.41, 5.74) is 4.95. The van der Waals surface area contributed by atoms with Gasteiger partial charge < -0.3 is 0 Å². The maximum absolute atomic E-state index is 13.0. The van der Waals surface area contributed by atoms with Gasteiger partial charge in [-0.1, -0.05) is 59.9 Å². The Hall–Kier alpha value is -2.74. The third-order valence-corrected chi connectivity index (χ3v) is 7.98. The molecule has 7 heteroatoms. The highest BCUT2D eigenvalue weighted by Gasteiger charge is 2.20. The van der Waals surface area contributed by atoms with Crippen LogP contribution >= 0.6 is 11.3 Å². The van der Waals surface area contributed by atoms with E-state index in [9.17, 15) is 13.2 Å². The molecule has 4 rings (SSSR count). The van der Waals surface area contributed by atoms with Crippen LogP contribution in [-0.2, 0) is 16.6 Å². The molecule has 0 aliphatic rings. The molecule has 1 heterocycles. The molecular formula is C24H24N2O3S2. The molecule has 5 nitrogen and oxygen atoms in total. The molecule has 1 atom stereocenters. The Morgan fingerprint density at radius 1 is 0.968 bits per heavy atom. The molecule has 3 aromatic carbocycles. The summed E-state index contributed by atoms with van der Waals surface area (Å²) >= 11 is 1.06. The first-order valence-electron chi connectivity index (χ1n) is 10.0. The number of nitrogens with one attached hydrogen (secondary N) is 1. The lowest BCUT2D eigenvalue weighted by atomic mass is 10.0. The molecule has 0 aliphatic carbocycles. The second kappa shape index (κ2) is 8.42. The molecule has 0 unspecified atom stereocenters. The summed E-state index contributed by atoms with van der Waals surface area (Å²) in [6, 6.07) is 20.1. The molecule has 0 fully saturated rings. The molecule has 0 bridgehead atoms. The fraction of sp³-hybridized carbons (Fsp3) is 0.208. The van der Waals surface area contributed by atoms with E-state index in [0.717, 1.165) is 33.5 Å². The van der Waals surface area contributed by atoms with Crippen LogP contribution in [0.2, 0.25) is 0 Å². The molecule has 1 N–H and O–H groups in total. The van der Waals surface area contributed by atoms with Crippen molar-refractivity contribution < 1.29 is 8.42 Å². The minimum atomic E-state index is -3.74. The minimum absolute atomic E-state index is 0.107. The van der Waals surface area contributed by atoms with Crippen LogP contribution in [0.15, 0.2) is 76.4 Å². The zero-order chi connectivity index (χ0) is 22.2. The highest BCUT2D eigenvalue weighted by Crippen LogP contribution is 2.24. The van der Waals surface area contributed by atoms with E-state index in [-0.39, 0.29) is 15.8 Å². The van der Waals surface area contributed by atoms with Crippen LogP contribution in [0.25, 0.3) is 10.2 Å². The lowest BCUT2D eigenvalue weighted by Crippen LogP contribution is -2.27. The van der Waals surface area contributed by atoms with Crippen molar-refractivity contribution in [2.24, 2.45) is 0 Å². The van der Waals surface area contributed by atoms with Crippen LogP contribution in [0.4, 0.5) is 0 Å². The predicted octanol–water partition coefficient (Wildman–Crippen LogP) is 4.77. The van der Waals surface area contributed by atoms with Gasteiger partial charge in [0.05, 0.1) is 21.7 Å². The van der Waals surface area contributed by atoms with Crippen LogP contribution in [0.5, 0.6) is 0 Å². The Morgan fingerprint density at radius 3 is 2.42 bits per heavy atom. The number of nitrogens with zero attached hydrogens (tertiary/aromatic N) is 1. The fourth-order valence-corrected chi connectivity index (χ4v) is 5.79. The maximum Gasteiger partial charge on any atom is 0.308 e. The van der Waals surface area contributed by atoms with E-state index in [0.29, 0.717) is 11.2 Å². The average Bonchev–Trinajstić information content (AvgIpc) is 3.05. The van der Waals surface area contributed by atoms with Gasteiger partial charge >= 0.3 is 4.87 Å². The number of thiazole rings is 1. The van der Waals surface area contributed by atoms with E-state index < -0.39 is 10.0 Å². The van der Waals surface area contributed by atoms with Gasteiger partial charge in [-0.05, 0) is 61.2 Å². The summed E-state index contributed by atoms with van der Waals surface area (Å²) in [4.78, 5) is 12.6. The van der Waals surface area contributed by atoms with Crippen LogP contribution in [0, 0.1) is 13.8 Å². The number of sulfonamides is 1. The van der Waals surface area contributed by atoms with Gasteiger partial charge in [-0.2, -0.15) is 0 Å². The largest absolute Gasteiger partial charge is 0.308 e. The Bertz CT molecular complexity index is 1400. The Kier molecular flexibility index (Phi) is 5.83. The number of aromatic nitrogens is 1. The Morgan fingerprint density at radius 2 is 1.71 bits per heavy atom. The third kappa shape index (κ3) is 4.49. The molecule has 0 saturated carbocycles. The van der Waals surface area contributed by atoms with Gasteiger partial charge in [-0.25, -0.2) is 13.1 Å². The van der Waals surface area contributed by atoms with Gasteiger partial charge in [-0.3, -0.25) is 9.36 Å². The zero-order valence-corrected chi connectivity index (χ0v) is 19.3. The van der Waals surface area contributed by atoms with Crippen molar-refractivity contribution in [3.05, 3.63) is 98.7 Å². The van der Waals surface area contributed by atoms with Gasteiger partial charge in [0.25, 0.3) is 0 Å². The lowest BCUT2D eigenvalue weighted by molar-refractivity contribution is 0.567.